The highest BCUT2D eigenvalue weighted by Gasteiger charge is 2.33. The molecule has 0 atom stereocenters. The number of nitrogens with zero attached hydrogens (tertiary/aromatic N) is 1. The molecule has 0 unspecified atom stereocenters. The first-order chi connectivity index (χ1) is 17.9. The maximum atomic E-state index is 14.3. The zero-order valence-corrected chi connectivity index (χ0v) is 22.5. The maximum absolute atomic E-state index is 14.3. The van der Waals surface area contributed by atoms with Gasteiger partial charge in [0.2, 0.25) is 0 Å². The van der Waals surface area contributed by atoms with Crippen LogP contribution in [0.2, 0.25) is 5.02 Å². The Morgan fingerprint density at radius 2 is 1.43 bits per heavy atom. The molecule has 37 heavy (non-hydrogen) atoms. The summed E-state index contributed by atoms with van der Waals surface area (Å²) in [6.45, 7) is 0.547. The summed E-state index contributed by atoms with van der Waals surface area (Å²) in [5.74, 6) is -1.47. The van der Waals surface area contributed by atoms with Gasteiger partial charge in [-0.25, -0.2) is 8.78 Å². The highest BCUT2D eigenvalue weighted by molar-refractivity contribution is 7.20. The zero-order valence-electron chi connectivity index (χ0n) is 20.9. The van der Waals surface area contributed by atoms with Crippen LogP contribution in [-0.4, -0.2) is 22.8 Å². The molecule has 1 aromatic heterocycles. The third-order valence-corrected chi connectivity index (χ3v) is 9.28. The zero-order chi connectivity index (χ0) is 25.9. The van der Waals surface area contributed by atoms with E-state index in [1.807, 2.05) is 0 Å². The van der Waals surface area contributed by atoms with Gasteiger partial charge in [0.15, 0.2) is 5.78 Å². The average Bonchev–Trinajstić information content (AvgIpc) is 3.23. The molecule has 7 heteroatoms. The third-order valence-electron chi connectivity index (χ3n) is 7.92. The number of nitrogen functional groups attached to an aromatic ring is 1. The fraction of sp³-hybridized carbons (Fsp3) is 0.433. The predicted molar refractivity (Wildman–Crippen MR) is 148 cm³/mol. The van der Waals surface area contributed by atoms with E-state index in [4.69, 9.17) is 17.3 Å². The van der Waals surface area contributed by atoms with Crippen LogP contribution in [0, 0.1) is 11.6 Å². The van der Waals surface area contributed by atoms with Gasteiger partial charge < -0.3 is 5.73 Å². The second-order valence-electron chi connectivity index (χ2n) is 10.4. The van der Waals surface area contributed by atoms with E-state index in [0.29, 0.717) is 50.2 Å². The van der Waals surface area contributed by atoms with E-state index in [-0.39, 0.29) is 5.78 Å². The standard InChI is InChI=1S/C30H33ClF2N2OS/c31-21-13-11-19(12-14-21)28(36)27-26(29(37-30(27)34)20-15-22(32)17-23(33)16-20)18-35(24-7-3-1-4-8-24)25-9-5-2-6-10-25/h11-17,24-25H,1-10,18,34H2. The normalized spacial score (nSPS) is 17.4. The topological polar surface area (TPSA) is 46.3 Å². The molecule has 3 nitrogen and oxygen atoms in total. The van der Waals surface area contributed by atoms with Crippen molar-refractivity contribution in [3.8, 4) is 10.4 Å². The molecule has 2 N–H and O–H groups in total. The molecule has 2 aliphatic rings. The Morgan fingerprint density at radius 3 is 1.97 bits per heavy atom. The summed E-state index contributed by atoms with van der Waals surface area (Å²) < 4.78 is 28.6. The van der Waals surface area contributed by atoms with Gasteiger partial charge in [-0.15, -0.1) is 11.3 Å². The first-order valence-corrected chi connectivity index (χ1v) is 14.5. The van der Waals surface area contributed by atoms with Crippen LogP contribution in [-0.2, 0) is 6.54 Å². The molecular formula is C30H33ClF2N2OS. The number of thiophene rings is 1. The van der Waals surface area contributed by atoms with Gasteiger partial charge in [-0.1, -0.05) is 50.1 Å². The van der Waals surface area contributed by atoms with E-state index >= 15 is 0 Å². The van der Waals surface area contributed by atoms with Crippen molar-refractivity contribution in [1.82, 2.24) is 4.90 Å². The molecule has 2 aromatic carbocycles. The van der Waals surface area contributed by atoms with Gasteiger partial charge in [-0.3, -0.25) is 9.69 Å². The van der Waals surface area contributed by atoms with E-state index in [1.54, 1.807) is 24.3 Å². The van der Waals surface area contributed by atoms with E-state index < -0.39 is 11.6 Å². The number of carbonyl (C=O) groups excluding carboxylic acids is 1. The van der Waals surface area contributed by atoms with Crippen LogP contribution in [0.1, 0.15) is 85.7 Å². The molecule has 196 valence electrons. The Kier molecular flexibility index (Phi) is 8.28. The van der Waals surface area contributed by atoms with Crippen molar-refractivity contribution >= 4 is 33.7 Å². The lowest BCUT2D eigenvalue weighted by molar-refractivity contribution is 0.0728. The van der Waals surface area contributed by atoms with Crippen LogP contribution in [0.4, 0.5) is 13.8 Å². The molecule has 0 spiro atoms. The molecule has 3 aromatic rings. The highest BCUT2D eigenvalue weighted by Crippen LogP contribution is 2.43. The summed E-state index contributed by atoms with van der Waals surface area (Å²) >= 11 is 7.31. The first-order valence-electron chi connectivity index (χ1n) is 13.3. The molecule has 2 aliphatic carbocycles. The van der Waals surface area contributed by atoms with Gasteiger partial charge in [-0.05, 0) is 73.2 Å². The monoisotopic (exact) mass is 542 g/mol. The van der Waals surface area contributed by atoms with Gasteiger partial charge in [0.1, 0.15) is 11.6 Å². The van der Waals surface area contributed by atoms with Crippen molar-refractivity contribution < 1.29 is 13.6 Å². The maximum Gasteiger partial charge on any atom is 0.196 e. The Bertz CT molecular complexity index is 1210. The second-order valence-corrected chi connectivity index (χ2v) is 11.9. The fourth-order valence-corrected chi connectivity index (χ4v) is 7.30. The number of anilines is 1. The molecule has 0 radical (unpaired) electrons. The predicted octanol–water partition coefficient (Wildman–Crippen LogP) is 8.63. The molecule has 0 bridgehead atoms. The van der Waals surface area contributed by atoms with Crippen molar-refractivity contribution in [1.29, 1.82) is 0 Å². The van der Waals surface area contributed by atoms with Crippen LogP contribution >= 0.6 is 22.9 Å². The average molecular weight is 543 g/mol. The fourth-order valence-electron chi connectivity index (χ4n) is 6.11. The van der Waals surface area contributed by atoms with Crippen molar-refractivity contribution in [2.45, 2.75) is 82.8 Å². The quantitative estimate of drug-likeness (QED) is 0.304. The SMILES string of the molecule is Nc1sc(-c2cc(F)cc(F)c2)c(CN(C2CCCCC2)C2CCCCC2)c1C(=O)c1ccc(Cl)cc1. The molecule has 2 saturated carbocycles. The highest BCUT2D eigenvalue weighted by atomic mass is 35.5. The largest absolute Gasteiger partial charge is 0.390 e. The van der Waals surface area contributed by atoms with Crippen LogP contribution in [0.3, 0.4) is 0 Å². The summed E-state index contributed by atoms with van der Waals surface area (Å²) in [7, 11) is 0. The summed E-state index contributed by atoms with van der Waals surface area (Å²) in [6, 6.07) is 11.2. The molecule has 0 amide bonds. The summed E-state index contributed by atoms with van der Waals surface area (Å²) in [5.41, 5.74) is 8.67. The van der Waals surface area contributed by atoms with Crippen LogP contribution in [0.15, 0.2) is 42.5 Å². The summed E-state index contributed by atoms with van der Waals surface area (Å²) in [5, 5.41) is 0.925. The molecule has 5 rings (SSSR count). The van der Waals surface area contributed by atoms with Gasteiger partial charge >= 0.3 is 0 Å². The van der Waals surface area contributed by atoms with Crippen LogP contribution < -0.4 is 5.73 Å². The van der Waals surface area contributed by atoms with Gasteiger partial charge in [0.25, 0.3) is 0 Å². The summed E-state index contributed by atoms with van der Waals surface area (Å²) in [4.78, 5) is 17.1. The number of rotatable bonds is 7. The number of benzene rings is 2. The lowest BCUT2D eigenvalue weighted by atomic mass is 9.87. The minimum absolute atomic E-state index is 0.184. The number of halogens is 3. The molecule has 1 heterocycles. The second kappa shape index (κ2) is 11.6. The molecule has 2 fully saturated rings. The van der Waals surface area contributed by atoms with Gasteiger partial charge in [0, 0.05) is 40.2 Å². The number of hydrogen-bond acceptors (Lipinski definition) is 4. The van der Waals surface area contributed by atoms with Crippen molar-refractivity contribution in [3.05, 3.63) is 75.8 Å². The minimum Gasteiger partial charge on any atom is -0.390 e. The van der Waals surface area contributed by atoms with E-state index in [2.05, 4.69) is 4.90 Å². The smallest absolute Gasteiger partial charge is 0.196 e. The number of carbonyl (C=O) groups is 1. The van der Waals surface area contributed by atoms with Crippen LogP contribution in [0.25, 0.3) is 10.4 Å². The first kappa shape index (κ1) is 26.3. The lowest BCUT2D eigenvalue weighted by Gasteiger charge is -2.42. The Balaban J connectivity index is 1.62. The molecular weight excluding hydrogens is 510 g/mol. The third kappa shape index (κ3) is 5.92. The molecule has 0 aliphatic heterocycles. The number of hydrogen-bond donors (Lipinski definition) is 1. The Morgan fingerprint density at radius 1 is 0.892 bits per heavy atom. The van der Waals surface area contributed by atoms with E-state index in [0.717, 1.165) is 37.3 Å². The van der Waals surface area contributed by atoms with Crippen molar-refractivity contribution in [2.75, 3.05) is 5.73 Å². The van der Waals surface area contributed by atoms with E-state index in [9.17, 15) is 13.6 Å². The van der Waals surface area contributed by atoms with Crippen molar-refractivity contribution in [3.63, 3.8) is 0 Å². The Hall–Kier alpha value is -2.28. The Labute approximate surface area is 226 Å². The van der Waals surface area contributed by atoms with Crippen molar-refractivity contribution in [2.24, 2.45) is 0 Å². The number of ketones is 1. The van der Waals surface area contributed by atoms with E-state index in [1.165, 1.54) is 62.0 Å². The van der Waals surface area contributed by atoms with Gasteiger partial charge in [-0.2, -0.15) is 0 Å². The minimum atomic E-state index is -0.644. The summed E-state index contributed by atoms with van der Waals surface area (Å²) in [6.07, 6.45) is 11.9. The van der Waals surface area contributed by atoms with Gasteiger partial charge in [0.05, 0.1) is 10.6 Å². The number of nitrogens with two attached hydrogens (primary N) is 1. The van der Waals surface area contributed by atoms with Crippen LogP contribution in [0.5, 0.6) is 0 Å². The lowest BCUT2D eigenvalue weighted by Crippen LogP contribution is -2.44. The molecule has 0 saturated heterocycles.